The number of ether oxygens (including phenoxy) is 2. The maximum atomic E-state index is 11.7. The summed E-state index contributed by atoms with van der Waals surface area (Å²) in [5.41, 5.74) is 0.506. The minimum absolute atomic E-state index is 0.0364. The summed E-state index contributed by atoms with van der Waals surface area (Å²) < 4.78 is 10.1. The van der Waals surface area contributed by atoms with Crippen molar-refractivity contribution in [3.05, 3.63) is 70.3 Å². The molecule has 0 saturated carbocycles. The molecule has 22 heavy (non-hydrogen) atoms. The zero-order valence-electron chi connectivity index (χ0n) is 11.8. The summed E-state index contributed by atoms with van der Waals surface area (Å²) in [7, 11) is 1.54. The van der Waals surface area contributed by atoms with Crippen LogP contribution in [-0.4, -0.2) is 18.0 Å². The van der Waals surface area contributed by atoms with Gasteiger partial charge < -0.3 is 9.47 Å². The van der Waals surface area contributed by atoms with Crippen LogP contribution in [0.25, 0.3) is 6.08 Å². The molecule has 0 bridgehead atoms. The molecule has 2 rings (SSSR count). The molecule has 0 atom stereocenters. The average Bonchev–Trinajstić information content (AvgIpc) is 2.54. The van der Waals surface area contributed by atoms with Gasteiger partial charge in [-0.2, -0.15) is 0 Å². The highest BCUT2D eigenvalue weighted by molar-refractivity contribution is 5.88. The summed E-state index contributed by atoms with van der Waals surface area (Å²) in [5.74, 6) is 0.470. The molecular formula is C16H13NO5. The van der Waals surface area contributed by atoms with E-state index < -0.39 is 10.9 Å². The lowest BCUT2D eigenvalue weighted by molar-refractivity contribution is -0.384. The van der Waals surface area contributed by atoms with Gasteiger partial charge in [-0.1, -0.05) is 12.1 Å². The molecule has 0 aliphatic heterocycles. The molecule has 0 amide bonds. The Morgan fingerprint density at radius 3 is 2.45 bits per heavy atom. The second-order valence-electron chi connectivity index (χ2n) is 4.28. The average molecular weight is 299 g/mol. The van der Waals surface area contributed by atoms with Crippen molar-refractivity contribution in [1.29, 1.82) is 0 Å². The zero-order valence-corrected chi connectivity index (χ0v) is 11.8. The Labute approximate surface area is 126 Å². The van der Waals surface area contributed by atoms with Crippen LogP contribution in [-0.2, 0) is 4.79 Å². The third kappa shape index (κ3) is 4.17. The van der Waals surface area contributed by atoms with E-state index in [4.69, 9.17) is 9.47 Å². The molecule has 0 N–H and O–H groups in total. The van der Waals surface area contributed by atoms with Crippen molar-refractivity contribution < 1.29 is 19.2 Å². The summed E-state index contributed by atoms with van der Waals surface area (Å²) >= 11 is 0. The summed E-state index contributed by atoms with van der Waals surface area (Å²) in [6.07, 6.45) is 2.67. The Morgan fingerprint density at radius 2 is 1.82 bits per heavy atom. The number of non-ortho nitro benzene ring substituents is 1. The summed E-state index contributed by atoms with van der Waals surface area (Å²) in [4.78, 5) is 21.9. The molecule has 0 spiro atoms. The Morgan fingerprint density at radius 1 is 1.14 bits per heavy atom. The van der Waals surface area contributed by atoms with Gasteiger partial charge in [0, 0.05) is 18.2 Å². The number of carbonyl (C=O) groups is 1. The third-order valence-corrected chi connectivity index (χ3v) is 2.77. The molecule has 0 radical (unpaired) electrons. The van der Waals surface area contributed by atoms with Crippen LogP contribution in [0.5, 0.6) is 11.5 Å². The van der Waals surface area contributed by atoms with Crippen molar-refractivity contribution >= 4 is 17.7 Å². The number of nitro benzene ring substituents is 1. The van der Waals surface area contributed by atoms with Gasteiger partial charge in [-0.05, 0) is 35.9 Å². The first-order chi connectivity index (χ1) is 10.6. The fourth-order valence-corrected chi connectivity index (χ4v) is 1.70. The van der Waals surface area contributed by atoms with Crippen LogP contribution in [0.4, 0.5) is 5.69 Å². The zero-order chi connectivity index (χ0) is 15.9. The molecule has 0 unspecified atom stereocenters. The first kappa shape index (κ1) is 15.2. The normalized spacial score (nSPS) is 10.4. The molecule has 6 nitrogen and oxygen atoms in total. The van der Waals surface area contributed by atoms with Crippen LogP contribution in [0.15, 0.2) is 54.6 Å². The first-order valence-corrected chi connectivity index (χ1v) is 6.37. The van der Waals surface area contributed by atoms with Gasteiger partial charge in [0.15, 0.2) is 0 Å². The van der Waals surface area contributed by atoms with Gasteiger partial charge in [-0.25, -0.2) is 4.79 Å². The van der Waals surface area contributed by atoms with Crippen LogP contribution < -0.4 is 9.47 Å². The van der Waals surface area contributed by atoms with Crippen molar-refractivity contribution in [1.82, 2.24) is 0 Å². The lowest BCUT2D eigenvalue weighted by atomic mass is 10.2. The lowest BCUT2D eigenvalue weighted by Crippen LogP contribution is -2.03. The van der Waals surface area contributed by atoms with Crippen LogP contribution in [0.2, 0.25) is 0 Å². The van der Waals surface area contributed by atoms with Crippen LogP contribution in [0, 0.1) is 10.1 Å². The molecular weight excluding hydrogens is 286 g/mol. The Hall–Kier alpha value is -3.15. The van der Waals surface area contributed by atoms with Gasteiger partial charge >= 0.3 is 5.97 Å². The highest BCUT2D eigenvalue weighted by atomic mass is 16.6. The number of esters is 1. The van der Waals surface area contributed by atoms with Crippen molar-refractivity contribution in [3.63, 3.8) is 0 Å². The third-order valence-electron chi connectivity index (χ3n) is 2.77. The number of carbonyl (C=O) groups excluding carboxylic acids is 1. The van der Waals surface area contributed by atoms with E-state index in [9.17, 15) is 14.9 Å². The Balaban J connectivity index is 2.01. The molecule has 0 aromatic heterocycles. The molecule has 112 valence electrons. The van der Waals surface area contributed by atoms with E-state index in [2.05, 4.69) is 0 Å². The second kappa shape index (κ2) is 7.03. The maximum Gasteiger partial charge on any atom is 0.336 e. The van der Waals surface area contributed by atoms with Crippen LogP contribution >= 0.6 is 0 Å². The molecule has 2 aromatic rings. The largest absolute Gasteiger partial charge is 0.497 e. The van der Waals surface area contributed by atoms with Crippen molar-refractivity contribution in [2.45, 2.75) is 0 Å². The van der Waals surface area contributed by atoms with Crippen molar-refractivity contribution in [3.8, 4) is 11.5 Å². The van der Waals surface area contributed by atoms with E-state index in [1.165, 1.54) is 24.3 Å². The quantitative estimate of drug-likeness (QED) is 0.278. The van der Waals surface area contributed by atoms with Crippen LogP contribution in [0.3, 0.4) is 0 Å². The maximum absolute atomic E-state index is 11.7. The monoisotopic (exact) mass is 299 g/mol. The highest BCUT2D eigenvalue weighted by Crippen LogP contribution is 2.18. The molecule has 0 heterocycles. The Bertz CT molecular complexity index is 707. The second-order valence-corrected chi connectivity index (χ2v) is 4.28. The molecule has 0 aliphatic carbocycles. The van der Waals surface area contributed by atoms with E-state index in [0.717, 1.165) is 0 Å². The predicted molar refractivity (Wildman–Crippen MR) is 80.8 cm³/mol. The molecule has 2 aromatic carbocycles. The van der Waals surface area contributed by atoms with Gasteiger partial charge in [0.2, 0.25) is 0 Å². The SMILES string of the molecule is COc1ccc(OC(=O)C=Cc2cccc([N+](=O)[O-])c2)cc1. The predicted octanol–water partition coefficient (Wildman–Crippen LogP) is 3.22. The number of benzene rings is 2. The number of nitro groups is 1. The van der Waals surface area contributed by atoms with Crippen molar-refractivity contribution in [2.24, 2.45) is 0 Å². The van der Waals surface area contributed by atoms with E-state index in [1.807, 2.05) is 0 Å². The van der Waals surface area contributed by atoms with E-state index in [0.29, 0.717) is 17.1 Å². The van der Waals surface area contributed by atoms with Gasteiger partial charge in [-0.3, -0.25) is 10.1 Å². The van der Waals surface area contributed by atoms with Gasteiger partial charge in [0.05, 0.1) is 12.0 Å². The van der Waals surface area contributed by atoms with E-state index in [1.54, 1.807) is 43.5 Å². The summed E-state index contributed by atoms with van der Waals surface area (Å²) in [6.45, 7) is 0. The number of hydrogen-bond acceptors (Lipinski definition) is 5. The number of nitrogens with zero attached hydrogens (tertiary/aromatic N) is 1. The smallest absolute Gasteiger partial charge is 0.336 e. The molecule has 0 fully saturated rings. The lowest BCUT2D eigenvalue weighted by Gasteiger charge is -2.02. The molecule has 0 saturated heterocycles. The standard InChI is InChI=1S/C16H13NO5/c1-21-14-6-8-15(9-7-14)22-16(18)10-5-12-3-2-4-13(11-12)17(19)20/h2-11H,1H3. The fraction of sp³-hybridized carbons (Fsp3) is 0.0625. The molecule has 6 heteroatoms. The first-order valence-electron chi connectivity index (χ1n) is 6.37. The molecule has 0 aliphatic rings. The number of methoxy groups -OCH3 is 1. The Kier molecular flexibility index (Phi) is 4.87. The van der Waals surface area contributed by atoms with E-state index in [-0.39, 0.29) is 5.69 Å². The number of hydrogen-bond donors (Lipinski definition) is 0. The van der Waals surface area contributed by atoms with Crippen LogP contribution in [0.1, 0.15) is 5.56 Å². The fourth-order valence-electron chi connectivity index (χ4n) is 1.70. The summed E-state index contributed by atoms with van der Waals surface area (Å²) in [6, 6.07) is 12.5. The summed E-state index contributed by atoms with van der Waals surface area (Å²) in [5, 5.41) is 10.7. The van der Waals surface area contributed by atoms with E-state index >= 15 is 0 Å². The highest BCUT2D eigenvalue weighted by Gasteiger charge is 2.05. The van der Waals surface area contributed by atoms with Gasteiger partial charge in [0.1, 0.15) is 11.5 Å². The number of rotatable bonds is 5. The minimum atomic E-state index is -0.573. The van der Waals surface area contributed by atoms with Gasteiger partial charge in [0.25, 0.3) is 5.69 Å². The topological polar surface area (TPSA) is 78.7 Å². The van der Waals surface area contributed by atoms with Gasteiger partial charge in [-0.15, -0.1) is 0 Å². The minimum Gasteiger partial charge on any atom is -0.497 e. The van der Waals surface area contributed by atoms with Crippen molar-refractivity contribution in [2.75, 3.05) is 7.11 Å².